The van der Waals surface area contributed by atoms with Gasteiger partial charge in [0, 0.05) is 12.6 Å². The average molecular weight is 262 g/mol. The second-order valence-electron chi connectivity index (χ2n) is 5.42. The first-order valence-corrected chi connectivity index (χ1v) is 7.29. The van der Waals surface area contributed by atoms with E-state index in [2.05, 4.69) is 36.6 Å². The van der Waals surface area contributed by atoms with Gasteiger partial charge in [-0.25, -0.2) is 0 Å². The van der Waals surface area contributed by atoms with Gasteiger partial charge >= 0.3 is 0 Å². The molecular weight excluding hydrogens is 236 g/mol. The number of nitrogens with one attached hydrogen (secondary N) is 2. The zero-order chi connectivity index (χ0) is 13.7. The highest BCUT2D eigenvalue weighted by Gasteiger charge is 2.12. The smallest absolute Gasteiger partial charge is 0.122 e. The second kappa shape index (κ2) is 6.92. The molecule has 1 heterocycles. The number of hydrogen-bond acceptors (Lipinski definition) is 3. The molecule has 1 aromatic carbocycles. The van der Waals surface area contributed by atoms with Crippen molar-refractivity contribution in [2.45, 2.75) is 39.2 Å². The highest BCUT2D eigenvalue weighted by atomic mass is 16.5. The molecule has 0 bridgehead atoms. The Morgan fingerprint density at radius 1 is 1.32 bits per heavy atom. The maximum absolute atomic E-state index is 5.36. The molecule has 1 aliphatic heterocycles. The number of methoxy groups -OCH3 is 1. The van der Waals surface area contributed by atoms with E-state index in [1.54, 1.807) is 7.11 Å². The standard InChI is InChI=1S/C16H26N2O/c1-12-13(2)16(19-3)7-6-14(12)8-10-18-15-5-4-9-17-11-15/h6-7,15,17-18H,4-5,8-11H2,1-3H3. The van der Waals surface area contributed by atoms with Gasteiger partial charge in [0.2, 0.25) is 0 Å². The van der Waals surface area contributed by atoms with Crippen LogP contribution in [0.3, 0.4) is 0 Å². The fraction of sp³-hybridized carbons (Fsp3) is 0.625. The first-order valence-electron chi connectivity index (χ1n) is 7.29. The van der Waals surface area contributed by atoms with Crippen molar-refractivity contribution in [2.75, 3.05) is 26.7 Å². The maximum Gasteiger partial charge on any atom is 0.122 e. The number of piperidine rings is 1. The lowest BCUT2D eigenvalue weighted by atomic mass is 9.99. The summed E-state index contributed by atoms with van der Waals surface area (Å²) in [5, 5.41) is 7.09. The normalized spacial score (nSPS) is 19.4. The van der Waals surface area contributed by atoms with E-state index >= 15 is 0 Å². The minimum atomic E-state index is 0.647. The molecule has 2 rings (SSSR count). The van der Waals surface area contributed by atoms with Gasteiger partial charge in [0.15, 0.2) is 0 Å². The van der Waals surface area contributed by atoms with Crippen LogP contribution in [0.15, 0.2) is 12.1 Å². The van der Waals surface area contributed by atoms with E-state index in [1.807, 2.05) is 0 Å². The summed E-state index contributed by atoms with van der Waals surface area (Å²) in [5.74, 6) is 0.991. The van der Waals surface area contributed by atoms with Crippen molar-refractivity contribution < 1.29 is 4.74 Å². The van der Waals surface area contributed by atoms with Crippen molar-refractivity contribution in [1.29, 1.82) is 0 Å². The molecule has 0 saturated carbocycles. The second-order valence-corrected chi connectivity index (χ2v) is 5.42. The van der Waals surface area contributed by atoms with Gasteiger partial charge in [-0.3, -0.25) is 0 Å². The molecule has 1 saturated heterocycles. The number of rotatable bonds is 5. The highest BCUT2D eigenvalue weighted by molar-refractivity contribution is 5.43. The number of ether oxygens (including phenoxy) is 1. The molecule has 1 aliphatic rings. The van der Waals surface area contributed by atoms with Crippen LogP contribution in [0, 0.1) is 13.8 Å². The van der Waals surface area contributed by atoms with Crippen LogP contribution in [0.1, 0.15) is 29.5 Å². The van der Waals surface area contributed by atoms with Crippen LogP contribution in [0.2, 0.25) is 0 Å². The predicted octanol–water partition coefficient (Wildman–Crippen LogP) is 2.20. The fourth-order valence-electron chi connectivity index (χ4n) is 2.78. The molecule has 0 aromatic heterocycles. The third kappa shape index (κ3) is 3.71. The Labute approximate surface area is 116 Å². The average Bonchev–Trinajstić information content (AvgIpc) is 2.45. The molecule has 0 aliphatic carbocycles. The first-order chi connectivity index (χ1) is 9.22. The molecule has 106 valence electrons. The SMILES string of the molecule is COc1ccc(CCNC2CCCNC2)c(C)c1C. The number of hydrogen-bond donors (Lipinski definition) is 2. The molecule has 0 spiro atoms. The molecule has 19 heavy (non-hydrogen) atoms. The number of benzene rings is 1. The summed E-state index contributed by atoms with van der Waals surface area (Å²) in [5.41, 5.74) is 4.05. The van der Waals surface area contributed by atoms with Crippen LogP contribution < -0.4 is 15.4 Å². The third-order valence-corrected chi connectivity index (χ3v) is 4.19. The lowest BCUT2D eigenvalue weighted by Gasteiger charge is -2.24. The molecule has 1 unspecified atom stereocenters. The summed E-state index contributed by atoms with van der Waals surface area (Å²) in [6, 6.07) is 4.93. The summed E-state index contributed by atoms with van der Waals surface area (Å²) in [7, 11) is 1.74. The largest absolute Gasteiger partial charge is 0.496 e. The van der Waals surface area contributed by atoms with E-state index < -0.39 is 0 Å². The predicted molar refractivity (Wildman–Crippen MR) is 80.1 cm³/mol. The Morgan fingerprint density at radius 2 is 2.16 bits per heavy atom. The highest BCUT2D eigenvalue weighted by Crippen LogP contribution is 2.24. The Morgan fingerprint density at radius 3 is 2.84 bits per heavy atom. The third-order valence-electron chi connectivity index (χ3n) is 4.19. The topological polar surface area (TPSA) is 33.3 Å². The van der Waals surface area contributed by atoms with E-state index in [1.165, 1.54) is 36.1 Å². The zero-order valence-corrected chi connectivity index (χ0v) is 12.4. The molecular formula is C16H26N2O. The Bertz CT molecular complexity index is 411. The zero-order valence-electron chi connectivity index (χ0n) is 12.4. The van der Waals surface area contributed by atoms with Gasteiger partial charge in [-0.15, -0.1) is 0 Å². The summed E-state index contributed by atoms with van der Waals surface area (Å²) >= 11 is 0. The molecule has 0 amide bonds. The van der Waals surface area contributed by atoms with Crippen molar-refractivity contribution in [3.05, 3.63) is 28.8 Å². The molecule has 3 heteroatoms. The van der Waals surface area contributed by atoms with Crippen molar-refractivity contribution in [3.63, 3.8) is 0 Å². The Hall–Kier alpha value is -1.06. The van der Waals surface area contributed by atoms with Gasteiger partial charge in [-0.1, -0.05) is 6.07 Å². The van der Waals surface area contributed by atoms with Crippen LogP contribution in [-0.4, -0.2) is 32.8 Å². The van der Waals surface area contributed by atoms with Gasteiger partial charge in [0.25, 0.3) is 0 Å². The Kier molecular flexibility index (Phi) is 5.23. The molecule has 0 radical (unpaired) electrons. The summed E-state index contributed by atoms with van der Waals surface area (Å²) in [6.07, 6.45) is 3.68. The first kappa shape index (κ1) is 14.4. The van der Waals surface area contributed by atoms with Crippen LogP contribution in [-0.2, 0) is 6.42 Å². The Balaban J connectivity index is 1.87. The van der Waals surface area contributed by atoms with Crippen molar-refractivity contribution in [1.82, 2.24) is 10.6 Å². The van der Waals surface area contributed by atoms with Crippen molar-refractivity contribution in [2.24, 2.45) is 0 Å². The fourth-order valence-corrected chi connectivity index (χ4v) is 2.78. The lowest BCUT2D eigenvalue weighted by Crippen LogP contribution is -2.43. The molecule has 1 fully saturated rings. The van der Waals surface area contributed by atoms with E-state index in [9.17, 15) is 0 Å². The van der Waals surface area contributed by atoms with Gasteiger partial charge in [0.05, 0.1) is 7.11 Å². The van der Waals surface area contributed by atoms with E-state index in [4.69, 9.17) is 4.74 Å². The summed E-state index contributed by atoms with van der Waals surface area (Å²) < 4.78 is 5.36. The van der Waals surface area contributed by atoms with Gasteiger partial charge < -0.3 is 15.4 Å². The summed E-state index contributed by atoms with van der Waals surface area (Å²) in [4.78, 5) is 0. The molecule has 1 atom stereocenters. The van der Waals surface area contributed by atoms with Crippen molar-refractivity contribution in [3.8, 4) is 5.75 Å². The van der Waals surface area contributed by atoms with Gasteiger partial charge in [0.1, 0.15) is 5.75 Å². The maximum atomic E-state index is 5.36. The summed E-state index contributed by atoms with van der Waals surface area (Å²) in [6.45, 7) is 7.67. The molecule has 3 nitrogen and oxygen atoms in total. The van der Waals surface area contributed by atoms with E-state index in [-0.39, 0.29) is 0 Å². The quantitative estimate of drug-likeness (QED) is 0.853. The van der Waals surface area contributed by atoms with Crippen LogP contribution in [0.4, 0.5) is 0 Å². The monoisotopic (exact) mass is 262 g/mol. The minimum Gasteiger partial charge on any atom is -0.496 e. The van der Waals surface area contributed by atoms with Gasteiger partial charge in [-0.05, 0) is 69.0 Å². The van der Waals surface area contributed by atoms with Crippen LogP contribution in [0.5, 0.6) is 5.75 Å². The van der Waals surface area contributed by atoms with Crippen LogP contribution >= 0.6 is 0 Å². The van der Waals surface area contributed by atoms with Crippen molar-refractivity contribution >= 4 is 0 Å². The van der Waals surface area contributed by atoms with Crippen LogP contribution in [0.25, 0.3) is 0 Å². The molecule has 1 aromatic rings. The van der Waals surface area contributed by atoms with E-state index in [0.29, 0.717) is 6.04 Å². The van der Waals surface area contributed by atoms with Gasteiger partial charge in [-0.2, -0.15) is 0 Å². The lowest BCUT2D eigenvalue weighted by molar-refractivity contribution is 0.392. The minimum absolute atomic E-state index is 0.647. The molecule has 2 N–H and O–H groups in total. The van der Waals surface area contributed by atoms with E-state index in [0.717, 1.165) is 25.3 Å².